The molecular formula is C20H20ClN3O2S. The standard InChI is InChI=1S/C20H20ClN3O2S/c1-12-8-9-13(2)16(10-12)23-19(26)14(3)27-20-22-11-18(25)24(20)17-7-5-4-6-15(17)21/h4-10,14H,11H2,1-3H3,(H,23,26)/t14-/m1/s1. The van der Waals surface area contributed by atoms with Crippen molar-refractivity contribution in [3.8, 4) is 0 Å². The minimum absolute atomic E-state index is 0.0544. The molecule has 0 fully saturated rings. The number of aryl methyl sites for hydroxylation is 2. The largest absolute Gasteiger partial charge is 0.325 e. The van der Waals surface area contributed by atoms with Crippen LogP contribution < -0.4 is 10.2 Å². The number of anilines is 2. The maximum atomic E-state index is 12.6. The Kier molecular flexibility index (Phi) is 5.87. The summed E-state index contributed by atoms with van der Waals surface area (Å²) in [6, 6.07) is 13.0. The predicted octanol–water partition coefficient (Wildman–Crippen LogP) is 4.42. The summed E-state index contributed by atoms with van der Waals surface area (Å²) in [6.07, 6.45) is 0. The van der Waals surface area contributed by atoms with Gasteiger partial charge in [-0.2, -0.15) is 0 Å². The number of rotatable bonds is 4. The Morgan fingerprint density at radius 1 is 1.26 bits per heavy atom. The molecule has 0 spiro atoms. The van der Waals surface area contributed by atoms with Crippen LogP contribution in [0.5, 0.6) is 0 Å². The first kappa shape index (κ1) is 19.5. The molecule has 2 aromatic carbocycles. The van der Waals surface area contributed by atoms with Gasteiger partial charge >= 0.3 is 0 Å². The smallest absolute Gasteiger partial charge is 0.254 e. The van der Waals surface area contributed by atoms with Gasteiger partial charge in [0.05, 0.1) is 16.0 Å². The second-order valence-corrected chi connectivity index (χ2v) is 8.06. The second-order valence-electron chi connectivity index (χ2n) is 6.35. The Morgan fingerprint density at radius 2 is 2.00 bits per heavy atom. The molecule has 1 atom stereocenters. The van der Waals surface area contributed by atoms with Crippen molar-refractivity contribution >= 4 is 51.7 Å². The minimum atomic E-state index is -0.431. The van der Waals surface area contributed by atoms with Gasteiger partial charge < -0.3 is 5.32 Å². The topological polar surface area (TPSA) is 61.8 Å². The average Bonchev–Trinajstić information content (AvgIpc) is 2.98. The predicted molar refractivity (Wildman–Crippen MR) is 113 cm³/mol. The molecule has 7 heteroatoms. The van der Waals surface area contributed by atoms with E-state index in [4.69, 9.17) is 11.6 Å². The summed E-state index contributed by atoms with van der Waals surface area (Å²) in [4.78, 5) is 30.7. The number of hydrogen-bond donors (Lipinski definition) is 1. The first-order valence-electron chi connectivity index (χ1n) is 8.53. The van der Waals surface area contributed by atoms with Gasteiger partial charge in [0.2, 0.25) is 5.91 Å². The minimum Gasteiger partial charge on any atom is -0.325 e. The lowest BCUT2D eigenvalue weighted by atomic mass is 10.1. The van der Waals surface area contributed by atoms with E-state index >= 15 is 0 Å². The van der Waals surface area contributed by atoms with E-state index in [9.17, 15) is 9.59 Å². The number of thioether (sulfide) groups is 1. The highest BCUT2D eigenvalue weighted by Crippen LogP contribution is 2.32. The van der Waals surface area contributed by atoms with Crippen LogP contribution in [0.2, 0.25) is 5.02 Å². The molecule has 2 aromatic rings. The molecule has 0 saturated heterocycles. The fraction of sp³-hybridized carbons (Fsp3) is 0.250. The Morgan fingerprint density at radius 3 is 2.74 bits per heavy atom. The van der Waals surface area contributed by atoms with Crippen molar-refractivity contribution in [2.75, 3.05) is 16.8 Å². The van der Waals surface area contributed by atoms with Crippen LogP contribution in [0.15, 0.2) is 47.5 Å². The molecule has 1 heterocycles. The van der Waals surface area contributed by atoms with Crippen molar-refractivity contribution in [2.24, 2.45) is 4.99 Å². The summed E-state index contributed by atoms with van der Waals surface area (Å²) in [6.45, 7) is 5.78. The zero-order chi connectivity index (χ0) is 19.6. The molecule has 0 radical (unpaired) electrons. The van der Waals surface area contributed by atoms with E-state index in [-0.39, 0.29) is 18.4 Å². The maximum Gasteiger partial charge on any atom is 0.254 e. The number of carbonyl (C=O) groups excluding carboxylic acids is 2. The molecule has 1 aliphatic heterocycles. The van der Waals surface area contributed by atoms with Gasteiger partial charge in [0.15, 0.2) is 5.17 Å². The highest BCUT2D eigenvalue weighted by atomic mass is 35.5. The Hall–Kier alpha value is -2.31. The SMILES string of the molecule is Cc1ccc(C)c(NC(=O)[C@@H](C)SC2=NCC(=O)N2c2ccccc2Cl)c1. The number of nitrogens with zero attached hydrogens (tertiary/aromatic N) is 2. The Bertz CT molecular complexity index is 929. The number of nitrogens with one attached hydrogen (secondary N) is 1. The van der Waals surface area contributed by atoms with E-state index in [1.807, 2.05) is 38.1 Å². The van der Waals surface area contributed by atoms with Gasteiger partial charge in [0.25, 0.3) is 5.91 Å². The molecule has 2 amide bonds. The Labute approximate surface area is 167 Å². The molecule has 0 aliphatic carbocycles. The fourth-order valence-electron chi connectivity index (χ4n) is 2.66. The van der Waals surface area contributed by atoms with Gasteiger partial charge in [-0.05, 0) is 50.1 Å². The third-order valence-corrected chi connectivity index (χ3v) is 5.60. The zero-order valence-corrected chi connectivity index (χ0v) is 16.9. The quantitative estimate of drug-likeness (QED) is 0.824. The first-order chi connectivity index (χ1) is 12.9. The molecule has 140 valence electrons. The number of benzene rings is 2. The number of amides is 2. The lowest BCUT2D eigenvalue weighted by Gasteiger charge is -2.21. The average molecular weight is 402 g/mol. The number of halogens is 1. The van der Waals surface area contributed by atoms with Crippen molar-refractivity contribution in [3.05, 3.63) is 58.6 Å². The highest BCUT2D eigenvalue weighted by Gasteiger charge is 2.31. The molecule has 0 saturated carbocycles. The van der Waals surface area contributed by atoms with Crippen LogP contribution in [0.25, 0.3) is 0 Å². The van der Waals surface area contributed by atoms with Crippen molar-refractivity contribution in [1.82, 2.24) is 0 Å². The van der Waals surface area contributed by atoms with Crippen LogP contribution in [0.1, 0.15) is 18.1 Å². The van der Waals surface area contributed by atoms with Gasteiger partial charge in [-0.25, -0.2) is 0 Å². The normalized spacial score (nSPS) is 14.9. The van der Waals surface area contributed by atoms with Crippen LogP contribution in [-0.2, 0) is 9.59 Å². The van der Waals surface area contributed by atoms with Gasteiger partial charge in [0, 0.05) is 5.69 Å². The van der Waals surface area contributed by atoms with Crippen LogP contribution in [0.3, 0.4) is 0 Å². The number of carbonyl (C=O) groups is 2. The number of hydrogen-bond acceptors (Lipinski definition) is 4. The third kappa shape index (κ3) is 4.34. The van der Waals surface area contributed by atoms with Crippen LogP contribution in [0.4, 0.5) is 11.4 Å². The van der Waals surface area contributed by atoms with Crippen LogP contribution >= 0.6 is 23.4 Å². The highest BCUT2D eigenvalue weighted by molar-refractivity contribution is 8.15. The monoisotopic (exact) mass is 401 g/mol. The van der Waals surface area contributed by atoms with E-state index in [2.05, 4.69) is 10.3 Å². The summed E-state index contributed by atoms with van der Waals surface area (Å²) >= 11 is 7.48. The van der Waals surface area contributed by atoms with Crippen molar-refractivity contribution in [3.63, 3.8) is 0 Å². The molecule has 0 aromatic heterocycles. The fourth-order valence-corrected chi connectivity index (χ4v) is 3.81. The molecule has 0 bridgehead atoms. The van der Waals surface area contributed by atoms with E-state index in [0.717, 1.165) is 16.8 Å². The maximum absolute atomic E-state index is 12.6. The van der Waals surface area contributed by atoms with E-state index in [1.165, 1.54) is 16.7 Å². The van der Waals surface area contributed by atoms with Gasteiger partial charge in [-0.3, -0.25) is 19.5 Å². The van der Waals surface area contributed by atoms with Gasteiger partial charge in [-0.1, -0.05) is 47.6 Å². The summed E-state index contributed by atoms with van der Waals surface area (Å²) in [5, 5.41) is 3.48. The Balaban J connectivity index is 1.73. The molecular weight excluding hydrogens is 382 g/mol. The van der Waals surface area contributed by atoms with E-state index in [1.54, 1.807) is 25.1 Å². The van der Waals surface area contributed by atoms with E-state index < -0.39 is 5.25 Å². The first-order valence-corrected chi connectivity index (χ1v) is 9.79. The second kappa shape index (κ2) is 8.15. The molecule has 1 N–H and O–H groups in total. The molecule has 1 aliphatic rings. The van der Waals surface area contributed by atoms with Crippen LogP contribution in [-0.4, -0.2) is 28.8 Å². The molecule has 5 nitrogen and oxygen atoms in total. The van der Waals surface area contributed by atoms with Crippen LogP contribution in [0, 0.1) is 13.8 Å². The van der Waals surface area contributed by atoms with Crippen molar-refractivity contribution < 1.29 is 9.59 Å². The van der Waals surface area contributed by atoms with Crippen molar-refractivity contribution in [2.45, 2.75) is 26.0 Å². The summed E-state index contributed by atoms with van der Waals surface area (Å²) < 4.78 is 0. The van der Waals surface area contributed by atoms with Gasteiger partial charge in [-0.15, -0.1) is 0 Å². The molecule has 0 unspecified atom stereocenters. The molecule has 3 rings (SSSR count). The van der Waals surface area contributed by atoms with E-state index in [0.29, 0.717) is 15.9 Å². The van der Waals surface area contributed by atoms with Gasteiger partial charge in [0.1, 0.15) is 6.54 Å². The molecule has 27 heavy (non-hydrogen) atoms. The lowest BCUT2D eigenvalue weighted by Crippen LogP contribution is -2.33. The third-order valence-electron chi connectivity index (χ3n) is 4.19. The summed E-state index contributed by atoms with van der Waals surface area (Å²) in [5.41, 5.74) is 3.44. The number of para-hydroxylation sites is 1. The zero-order valence-electron chi connectivity index (χ0n) is 15.3. The number of amidine groups is 1. The lowest BCUT2D eigenvalue weighted by molar-refractivity contribution is -0.116. The summed E-state index contributed by atoms with van der Waals surface area (Å²) in [7, 11) is 0. The van der Waals surface area contributed by atoms with Crippen molar-refractivity contribution in [1.29, 1.82) is 0 Å². The summed E-state index contributed by atoms with van der Waals surface area (Å²) in [5.74, 6) is -0.303. The number of aliphatic imine (C=N–C) groups is 1.